The molecule has 0 unspecified atom stereocenters. The van der Waals surface area contributed by atoms with Gasteiger partial charge in [-0.25, -0.2) is 0 Å². The van der Waals surface area contributed by atoms with Crippen LogP contribution in [0.5, 0.6) is 11.5 Å². The molecule has 0 spiro atoms. The van der Waals surface area contributed by atoms with Gasteiger partial charge in [-0.15, -0.1) is 0 Å². The first-order valence-corrected chi connectivity index (χ1v) is 12.2. The quantitative estimate of drug-likeness (QED) is 0.499. The average molecular weight is 501 g/mol. The third-order valence-electron chi connectivity index (χ3n) is 5.70. The Bertz CT molecular complexity index is 1130. The molecule has 0 radical (unpaired) electrons. The summed E-state index contributed by atoms with van der Waals surface area (Å²) in [6.45, 7) is 1.41. The van der Waals surface area contributed by atoms with Gasteiger partial charge in [-0.1, -0.05) is 35.9 Å². The number of amides is 3. The van der Waals surface area contributed by atoms with E-state index >= 15 is 0 Å². The van der Waals surface area contributed by atoms with Crippen molar-refractivity contribution in [1.82, 2.24) is 9.80 Å². The molecule has 0 atom stereocenters. The predicted molar refractivity (Wildman–Crippen MR) is 132 cm³/mol. The van der Waals surface area contributed by atoms with Crippen LogP contribution in [0.4, 0.5) is 4.79 Å². The highest BCUT2D eigenvalue weighted by Crippen LogP contribution is 2.35. The highest BCUT2D eigenvalue weighted by atomic mass is 35.5. The van der Waals surface area contributed by atoms with Gasteiger partial charge >= 0.3 is 0 Å². The maximum Gasteiger partial charge on any atom is 0.294 e. The van der Waals surface area contributed by atoms with E-state index < -0.39 is 11.1 Å². The predicted octanol–water partition coefficient (Wildman–Crippen LogP) is 4.98. The topological polar surface area (TPSA) is 76.2 Å². The zero-order valence-corrected chi connectivity index (χ0v) is 20.4. The molecule has 3 amide bonds. The van der Waals surface area contributed by atoms with Gasteiger partial charge in [-0.2, -0.15) is 0 Å². The number of rotatable bonds is 7. The molecule has 178 valence electrons. The number of imide groups is 1. The minimum absolute atomic E-state index is 0.190. The first kappa shape index (κ1) is 24.2. The zero-order chi connectivity index (χ0) is 24.1. The fourth-order valence-electron chi connectivity index (χ4n) is 3.83. The lowest BCUT2D eigenvalue weighted by molar-refractivity contribution is -0.136. The lowest BCUT2D eigenvalue weighted by Gasteiger charge is -2.27. The van der Waals surface area contributed by atoms with E-state index in [2.05, 4.69) is 0 Å². The van der Waals surface area contributed by atoms with Gasteiger partial charge in [0.05, 0.1) is 12.0 Å². The van der Waals surface area contributed by atoms with E-state index in [1.165, 1.54) is 7.11 Å². The summed E-state index contributed by atoms with van der Waals surface area (Å²) in [7, 11) is 1.53. The third kappa shape index (κ3) is 5.56. The Hall–Kier alpha value is -2.97. The van der Waals surface area contributed by atoms with Crippen LogP contribution in [0, 0.1) is 0 Å². The summed E-state index contributed by atoms with van der Waals surface area (Å²) >= 11 is 7.02. The smallest absolute Gasteiger partial charge is 0.294 e. The van der Waals surface area contributed by atoms with Crippen molar-refractivity contribution in [1.29, 1.82) is 0 Å². The van der Waals surface area contributed by atoms with Crippen LogP contribution >= 0.6 is 23.4 Å². The molecule has 34 heavy (non-hydrogen) atoms. The minimum Gasteiger partial charge on any atom is -0.493 e. The summed E-state index contributed by atoms with van der Waals surface area (Å²) < 4.78 is 11.3. The lowest BCUT2D eigenvalue weighted by Crippen LogP contribution is -2.44. The maximum absolute atomic E-state index is 12.8. The Labute approximate surface area is 207 Å². The second kappa shape index (κ2) is 11.0. The number of ether oxygens (including phenoxy) is 2. The highest BCUT2D eigenvalue weighted by molar-refractivity contribution is 8.18. The van der Waals surface area contributed by atoms with Crippen molar-refractivity contribution in [3.8, 4) is 11.5 Å². The van der Waals surface area contributed by atoms with Crippen LogP contribution in [0.2, 0.25) is 5.02 Å². The van der Waals surface area contributed by atoms with Crippen molar-refractivity contribution in [2.24, 2.45) is 0 Å². The second-order valence-corrected chi connectivity index (χ2v) is 9.40. The first-order valence-electron chi connectivity index (χ1n) is 11.0. The molecule has 2 aliphatic rings. The molecule has 2 aromatic carbocycles. The van der Waals surface area contributed by atoms with Crippen molar-refractivity contribution < 1.29 is 23.9 Å². The van der Waals surface area contributed by atoms with E-state index in [0.717, 1.165) is 41.5 Å². The van der Waals surface area contributed by atoms with Gasteiger partial charge in [-0.05, 0) is 60.9 Å². The first-order chi connectivity index (χ1) is 16.5. The summed E-state index contributed by atoms with van der Waals surface area (Å²) in [4.78, 5) is 40.8. The maximum atomic E-state index is 12.8. The lowest BCUT2D eigenvalue weighted by atomic mass is 10.1. The molecule has 2 saturated heterocycles. The molecule has 0 N–H and O–H groups in total. The number of carbonyl (C=O) groups is 3. The molecular weight excluding hydrogens is 476 g/mol. The average Bonchev–Trinajstić information content (AvgIpc) is 3.11. The Morgan fingerprint density at radius 3 is 2.59 bits per heavy atom. The molecule has 7 nitrogen and oxygen atoms in total. The van der Waals surface area contributed by atoms with Crippen molar-refractivity contribution in [2.75, 3.05) is 26.7 Å². The summed E-state index contributed by atoms with van der Waals surface area (Å²) in [6.07, 6.45) is 4.62. The van der Waals surface area contributed by atoms with Gasteiger partial charge < -0.3 is 14.4 Å². The van der Waals surface area contributed by atoms with Gasteiger partial charge in [0.2, 0.25) is 5.91 Å². The van der Waals surface area contributed by atoms with Crippen LogP contribution < -0.4 is 9.47 Å². The Morgan fingerprint density at radius 2 is 1.85 bits per heavy atom. The van der Waals surface area contributed by atoms with Crippen molar-refractivity contribution in [2.45, 2.75) is 25.9 Å². The fourth-order valence-corrected chi connectivity index (χ4v) is 4.86. The van der Waals surface area contributed by atoms with Gasteiger partial charge in [0.15, 0.2) is 11.5 Å². The summed E-state index contributed by atoms with van der Waals surface area (Å²) in [5.74, 6) is 0.364. The molecule has 0 aliphatic carbocycles. The second-order valence-electron chi connectivity index (χ2n) is 8.00. The van der Waals surface area contributed by atoms with E-state index in [4.69, 9.17) is 21.1 Å². The van der Waals surface area contributed by atoms with Crippen LogP contribution in [0.25, 0.3) is 6.08 Å². The number of hydrogen-bond donors (Lipinski definition) is 0. The van der Waals surface area contributed by atoms with E-state index in [1.807, 2.05) is 18.2 Å². The molecule has 4 rings (SSSR count). The van der Waals surface area contributed by atoms with Crippen LogP contribution in [0.1, 0.15) is 30.4 Å². The van der Waals surface area contributed by atoms with Crippen LogP contribution in [-0.2, 0) is 16.2 Å². The Balaban J connectivity index is 1.44. The number of halogens is 1. The largest absolute Gasteiger partial charge is 0.493 e. The number of nitrogens with zero attached hydrogens (tertiary/aromatic N) is 2. The third-order valence-corrected chi connectivity index (χ3v) is 6.98. The summed E-state index contributed by atoms with van der Waals surface area (Å²) in [6, 6.07) is 12.7. The number of thioether (sulfide) groups is 1. The van der Waals surface area contributed by atoms with Gasteiger partial charge in [-0.3, -0.25) is 19.3 Å². The number of hydrogen-bond acceptors (Lipinski definition) is 6. The van der Waals surface area contributed by atoms with Crippen molar-refractivity contribution >= 4 is 46.5 Å². The molecule has 2 fully saturated rings. The van der Waals surface area contributed by atoms with E-state index in [9.17, 15) is 14.4 Å². The monoisotopic (exact) mass is 500 g/mol. The van der Waals surface area contributed by atoms with Gasteiger partial charge in [0.25, 0.3) is 11.1 Å². The molecule has 2 heterocycles. The number of benzene rings is 2. The molecule has 9 heteroatoms. The van der Waals surface area contributed by atoms with E-state index in [1.54, 1.807) is 35.2 Å². The van der Waals surface area contributed by atoms with Crippen LogP contribution in [0.3, 0.4) is 0 Å². The molecule has 0 aromatic heterocycles. The Kier molecular flexibility index (Phi) is 7.80. The van der Waals surface area contributed by atoms with E-state index in [0.29, 0.717) is 35.2 Å². The standard InChI is InChI=1S/C25H25ClN2O5S/c1-32-21-13-17(9-10-20(21)33-16-18-7-3-4-8-19(18)26)14-22-24(30)28(25(31)34-22)15-23(29)27-11-5-2-6-12-27/h3-4,7-10,13-14H,2,5-6,11-12,15-16H2,1H3/b22-14+. The Morgan fingerprint density at radius 1 is 1.09 bits per heavy atom. The normalized spacial score (nSPS) is 17.4. The van der Waals surface area contributed by atoms with Crippen LogP contribution in [0.15, 0.2) is 47.4 Å². The number of likely N-dealkylation sites (tertiary alicyclic amines) is 1. The van der Waals surface area contributed by atoms with Gasteiger partial charge in [0, 0.05) is 23.7 Å². The minimum atomic E-state index is -0.460. The van der Waals surface area contributed by atoms with E-state index in [-0.39, 0.29) is 24.0 Å². The SMILES string of the molecule is COc1cc(/C=C2/SC(=O)N(CC(=O)N3CCCCC3)C2=O)ccc1OCc1ccccc1Cl. The molecular formula is C25H25ClN2O5S. The number of carbonyl (C=O) groups excluding carboxylic acids is 3. The fraction of sp³-hybridized carbons (Fsp3) is 0.320. The van der Waals surface area contributed by atoms with Crippen LogP contribution in [-0.4, -0.2) is 53.6 Å². The highest BCUT2D eigenvalue weighted by Gasteiger charge is 2.37. The summed E-state index contributed by atoms with van der Waals surface area (Å²) in [5, 5.41) is 0.181. The zero-order valence-electron chi connectivity index (χ0n) is 18.8. The van der Waals surface area contributed by atoms with Gasteiger partial charge in [0.1, 0.15) is 13.2 Å². The summed E-state index contributed by atoms with van der Waals surface area (Å²) in [5.41, 5.74) is 1.53. The molecule has 2 aromatic rings. The number of methoxy groups -OCH3 is 1. The number of piperidine rings is 1. The van der Waals surface area contributed by atoms with Crippen molar-refractivity contribution in [3.05, 3.63) is 63.5 Å². The molecule has 0 saturated carbocycles. The van der Waals surface area contributed by atoms with Crippen molar-refractivity contribution in [3.63, 3.8) is 0 Å². The molecule has 0 bridgehead atoms. The molecule has 2 aliphatic heterocycles.